The van der Waals surface area contributed by atoms with Crippen LogP contribution in [0.5, 0.6) is 0 Å². The first kappa shape index (κ1) is 33.7. The molecular weight excluding hydrogens is 612 g/mol. The molecule has 11 heteroatoms. The zero-order valence-corrected chi connectivity index (χ0v) is 29.0. The highest BCUT2D eigenvalue weighted by Gasteiger charge is 2.51. The number of ether oxygens (including phenoxy) is 1. The fraction of sp³-hybridized carbons (Fsp3) is 0.853. The van der Waals surface area contributed by atoms with Crippen molar-refractivity contribution in [1.29, 1.82) is 0 Å². The number of aromatic nitrogens is 2. The van der Waals surface area contributed by atoms with Crippen molar-refractivity contribution in [2.45, 2.75) is 144 Å². The van der Waals surface area contributed by atoms with E-state index in [-0.39, 0.29) is 46.2 Å². The van der Waals surface area contributed by atoms with Crippen molar-refractivity contribution in [3.05, 3.63) is 27.4 Å². The summed E-state index contributed by atoms with van der Waals surface area (Å²) in [5.74, 6) is 0.967. The van der Waals surface area contributed by atoms with E-state index in [2.05, 4.69) is 24.2 Å². The number of halogens is 1. The van der Waals surface area contributed by atoms with Crippen LogP contribution in [0, 0.1) is 24.7 Å². The van der Waals surface area contributed by atoms with E-state index in [1.807, 2.05) is 30.2 Å². The first-order chi connectivity index (χ1) is 21.4. The van der Waals surface area contributed by atoms with Crippen LogP contribution in [-0.2, 0) is 28.9 Å². The van der Waals surface area contributed by atoms with E-state index in [0.717, 1.165) is 87.7 Å². The number of aliphatic carboxylic acids is 1. The number of nitrogens with one attached hydrogen (secondary N) is 1. The van der Waals surface area contributed by atoms with Crippen LogP contribution in [0.4, 0.5) is 0 Å². The Morgan fingerprint density at radius 1 is 1.18 bits per heavy atom. The predicted octanol–water partition coefficient (Wildman–Crippen LogP) is 4.01. The lowest BCUT2D eigenvalue weighted by Crippen LogP contribution is -2.57. The third-order valence-corrected chi connectivity index (χ3v) is 13.9. The maximum atomic E-state index is 13.9. The molecule has 0 aromatic carbocycles. The largest absolute Gasteiger partial charge is 0.481 e. The van der Waals surface area contributed by atoms with Gasteiger partial charge in [0, 0.05) is 46.1 Å². The van der Waals surface area contributed by atoms with Crippen molar-refractivity contribution in [3.63, 3.8) is 0 Å². The number of likely N-dealkylation sites (N-methyl/N-ethyl adjacent to an activating group) is 1. The maximum absolute atomic E-state index is 13.9. The molecule has 2 saturated heterocycles. The van der Waals surface area contributed by atoms with Crippen molar-refractivity contribution in [2.75, 3.05) is 19.4 Å². The quantitative estimate of drug-likeness (QED) is 0.355. The van der Waals surface area contributed by atoms with Gasteiger partial charge in [0.15, 0.2) is 0 Å². The molecule has 0 amide bonds. The summed E-state index contributed by atoms with van der Waals surface area (Å²) in [5.41, 5.74) is 1.33. The minimum Gasteiger partial charge on any atom is -0.481 e. The van der Waals surface area contributed by atoms with Crippen molar-refractivity contribution in [2.24, 2.45) is 17.8 Å². The Morgan fingerprint density at radius 3 is 2.67 bits per heavy atom. The molecule has 9 atom stereocenters. The molecule has 0 radical (unpaired) electrons. The number of rotatable bonds is 8. The van der Waals surface area contributed by atoms with Gasteiger partial charge in [-0.2, -0.15) is 11.8 Å². The van der Waals surface area contributed by atoms with Crippen LogP contribution in [0.2, 0.25) is 0 Å². The molecule has 8 unspecified atom stereocenters. The normalized spacial score (nSPS) is 40.2. The summed E-state index contributed by atoms with van der Waals surface area (Å²) in [7, 11) is 2.19. The Labute approximate surface area is 277 Å². The van der Waals surface area contributed by atoms with E-state index in [1.54, 1.807) is 0 Å². The number of hydrogen-bond donors (Lipinski definition) is 3. The van der Waals surface area contributed by atoms with Gasteiger partial charge in [-0.15, -0.1) is 11.6 Å². The van der Waals surface area contributed by atoms with Gasteiger partial charge in [0.05, 0.1) is 36.5 Å². The van der Waals surface area contributed by atoms with Gasteiger partial charge in [-0.05, 0) is 110 Å². The molecule has 4 fully saturated rings. The summed E-state index contributed by atoms with van der Waals surface area (Å²) in [6.07, 6.45) is 9.92. The second-order valence-electron chi connectivity index (χ2n) is 15.1. The van der Waals surface area contributed by atoms with Crippen LogP contribution < -0.4 is 10.9 Å². The second kappa shape index (κ2) is 13.7. The van der Waals surface area contributed by atoms with E-state index in [9.17, 15) is 19.8 Å². The zero-order valence-electron chi connectivity index (χ0n) is 27.4. The summed E-state index contributed by atoms with van der Waals surface area (Å²) in [6.45, 7) is 6.96. The first-order valence-electron chi connectivity index (χ1n) is 17.3. The van der Waals surface area contributed by atoms with E-state index >= 15 is 0 Å². The molecule has 2 aliphatic heterocycles. The lowest BCUT2D eigenvalue weighted by molar-refractivity contribution is -0.142. The second-order valence-corrected chi connectivity index (χ2v) is 16.9. The minimum absolute atomic E-state index is 0.0174. The smallest absolute Gasteiger partial charge is 0.308 e. The zero-order chi connectivity index (χ0) is 32.0. The van der Waals surface area contributed by atoms with Gasteiger partial charge in [0.25, 0.3) is 5.56 Å². The van der Waals surface area contributed by atoms with E-state index in [4.69, 9.17) is 21.3 Å². The minimum atomic E-state index is -0.706. The van der Waals surface area contributed by atoms with Gasteiger partial charge in [-0.1, -0.05) is 0 Å². The van der Waals surface area contributed by atoms with Gasteiger partial charge in [-0.3, -0.25) is 14.2 Å². The maximum Gasteiger partial charge on any atom is 0.308 e. The Hall–Kier alpha value is -1.17. The molecule has 1 aromatic rings. The molecule has 2 saturated carbocycles. The number of carbonyl (C=O) groups is 1. The summed E-state index contributed by atoms with van der Waals surface area (Å²) >= 11 is 8.56. The van der Waals surface area contributed by atoms with Crippen LogP contribution >= 0.6 is 23.4 Å². The van der Waals surface area contributed by atoms with Crippen LogP contribution in [0.25, 0.3) is 0 Å². The average Bonchev–Trinajstić information content (AvgIpc) is 3.43. The molecule has 45 heavy (non-hydrogen) atoms. The highest BCUT2D eigenvalue weighted by atomic mass is 35.5. The SMILES string of the molecule is Cc1nc2c(c(=O)n1CCOC1CCC(Cl)CC1C1CC(C)NC3C(C(=O)O)CSC13)C[C@H](N(C)C1CCC(C)(O)CC1)CC2. The molecule has 3 N–H and O–H groups in total. The highest BCUT2D eigenvalue weighted by Crippen LogP contribution is 2.48. The fourth-order valence-electron chi connectivity index (χ4n) is 9.26. The Bertz CT molecular complexity index is 1280. The third-order valence-electron chi connectivity index (χ3n) is 11.9. The molecule has 3 aliphatic carbocycles. The molecule has 3 heterocycles. The summed E-state index contributed by atoms with van der Waals surface area (Å²) in [5, 5.41) is 24.2. The highest BCUT2D eigenvalue weighted by molar-refractivity contribution is 8.00. The van der Waals surface area contributed by atoms with Gasteiger partial charge in [-0.25, -0.2) is 4.98 Å². The lowest BCUT2D eigenvalue weighted by atomic mass is 9.70. The number of aliphatic hydroxyl groups is 1. The van der Waals surface area contributed by atoms with E-state index < -0.39 is 11.6 Å². The third kappa shape index (κ3) is 7.16. The molecular formula is C34H53ClN4O5S. The van der Waals surface area contributed by atoms with Crippen LogP contribution in [-0.4, -0.2) is 96.5 Å². The lowest BCUT2D eigenvalue weighted by Gasteiger charge is -2.47. The predicted molar refractivity (Wildman–Crippen MR) is 178 cm³/mol. The molecule has 252 valence electrons. The first-order valence-corrected chi connectivity index (χ1v) is 18.8. The summed E-state index contributed by atoms with van der Waals surface area (Å²) in [6, 6.07) is 0.991. The molecule has 0 bridgehead atoms. The van der Waals surface area contributed by atoms with Crippen LogP contribution in [0.3, 0.4) is 0 Å². The van der Waals surface area contributed by atoms with E-state index in [1.165, 1.54) is 0 Å². The van der Waals surface area contributed by atoms with Crippen molar-refractivity contribution >= 4 is 29.3 Å². The number of alkyl halides is 1. The van der Waals surface area contributed by atoms with Gasteiger partial charge in [0.1, 0.15) is 5.82 Å². The van der Waals surface area contributed by atoms with Crippen molar-refractivity contribution < 1.29 is 19.7 Å². The van der Waals surface area contributed by atoms with Gasteiger partial charge < -0.3 is 25.2 Å². The number of fused-ring (bicyclic) bond motifs is 2. The number of nitrogens with zero attached hydrogens (tertiary/aromatic N) is 3. The van der Waals surface area contributed by atoms with Crippen molar-refractivity contribution in [1.82, 2.24) is 19.8 Å². The number of thioether (sulfide) groups is 1. The van der Waals surface area contributed by atoms with Crippen LogP contribution in [0.1, 0.15) is 88.7 Å². The Morgan fingerprint density at radius 2 is 1.93 bits per heavy atom. The molecule has 9 nitrogen and oxygen atoms in total. The topological polar surface area (TPSA) is 117 Å². The molecule has 1 aromatic heterocycles. The Balaban J connectivity index is 1.12. The average molecular weight is 665 g/mol. The number of carboxylic acids is 1. The van der Waals surface area contributed by atoms with Crippen LogP contribution in [0.15, 0.2) is 4.79 Å². The van der Waals surface area contributed by atoms with E-state index in [0.29, 0.717) is 36.9 Å². The monoisotopic (exact) mass is 664 g/mol. The van der Waals surface area contributed by atoms with Gasteiger partial charge in [0.2, 0.25) is 0 Å². The number of hydrogen-bond acceptors (Lipinski definition) is 8. The summed E-state index contributed by atoms with van der Waals surface area (Å²) < 4.78 is 8.46. The number of piperidine rings is 1. The summed E-state index contributed by atoms with van der Waals surface area (Å²) in [4.78, 5) is 33.2. The fourth-order valence-corrected chi connectivity index (χ4v) is 11.4. The number of carboxylic acid groups (broad SMARTS) is 1. The Kier molecular flexibility index (Phi) is 10.3. The van der Waals surface area contributed by atoms with Crippen molar-refractivity contribution in [3.8, 4) is 0 Å². The molecule has 6 rings (SSSR count). The molecule has 0 spiro atoms. The number of aryl methyl sites for hydroxylation is 2. The van der Waals surface area contributed by atoms with Gasteiger partial charge >= 0.3 is 5.97 Å². The molecule has 5 aliphatic rings. The standard InChI is InChI=1S/C34H53ClN4O5S/c1-19-15-25(31-30(36-19)27(18-45-31)33(41)42)24-16-21(35)5-8-29(24)44-14-13-39-20(2)37-28-7-6-23(17-26(28)32(39)40)38(4)22-9-11-34(3,43)12-10-22/h19,21-25,27,29-31,36,43H,5-18H2,1-4H3,(H,41,42)/t19?,21?,22?,23-,24?,25?,27?,29?,30?,31?,34?/m1/s1.